The molecule has 0 atom stereocenters. The van der Waals surface area contributed by atoms with E-state index in [4.69, 9.17) is 34.7 Å². The summed E-state index contributed by atoms with van der Waals surface area (Å²) in [6, 6.07) is 50.6. The number of esters is 2. The van der Waals surface area contributed by atoms with Gasteiger partial charge < -0.3 is 61.5 Å². The molecule has 0 radical (unpaired) electrons. The molecule has 29 heteroatoms. The number of rotatable bonds is 23. The average molecular weight is 1440 g/mol. The second-order valence-corrected chi connectivity index (χ2v) is 20.2. The molecule has 98 heavy (non-hydrogen) atoms. The van der Waals surface area contributed by atoms with Crippen molar-refractivity contribution in [1.82, 2.24) is 50.4 Å². The maximum Gasteiger partial charge on any atom is 1.00 e. The number of nitrogens with one attached hydrogen (secondary N) is 2. The Kier molecular flexibility index (Phi) is 43.3. The van der Waals surface area contributed by atoms with Gasteiger partial charge in [0.1, 0.15) is 17.5 Å². The number of nitrogen functional groups attached to an aromatic ring is 1. The van der Waals surface area contributed by atoms with Gasteiger partial charge in [-0.1, -0.05) is 128 Å². The molecule has 0 unspecified atom stereocenters. The summed E-state index contributed by atoms with van der Waals surface area (Å²) < 4.78 is 35.3. The fourth-order valence-corrected chi connectivity index (χ4v) is 8.57. The van der Waals surface area contributed by atoms with E-state index < -0.39 is 11.9 Å². The summed E-state index contributed by atoms with van der Waals surface area (Å²) in [7, 11) is 9.34. The van der Waals surface area contributed by atoms with Crippen LogP contribution >= 0.6 is 28.3 Å². The summed E-state index contributed by atoms with van der Waals surface area (Å²) in [6.07, 6.45) is 10.2. The van der Waals surface area contributed by atoms with E-state index in [2.05, 4.69) is 68.5 Å². The van der Waals surface area contributed by atoms with Crippen LogP contribution in [0.5, 0.6) is 0 Å². The van der Waals surface area contributed by atoms with E-state index in [0.717, 1.165) is 52.6 Å². The second-order valence-electron chi connectivity index (χ2n) is 19.4. The molecule has 4 aromatic carbocycles. The van der Waals surface area contributed by atoms with Gasteiger partial charge in [0.25, 0.3) is 0 Å². The van der Waals surface area contributed by atoms with E-state index in [1.165, 1.54) is 38.9 Å². The minimum atomic E-state index is -1.02. The van der Waals surface area contributed by atoms with Gasteiger partial charge in [0.15, 0.2) is 5.78 Å². The summed E-state index contributed by atoms with van der Waals surface area (Å²) in [6.45, 7) is 6.37. The summed E-state index contributed by atoms with van der Waals surface area (Å²) in [5.41, 5.74) is 14.1. The molecule has 0 aliphatic rings. The number of halogens is 2. The summed E-state index contributed by atoms with van der Waals surface area (Å²) in [4.78, 5) is 57.2. The Morgan fingerprint density at radius 2 is 0.908 bits per heavy atom. The topological polar surface area (TPSA) is 375 Å². The number of carbonyl (C=O) groups excluding carboxylic acids is 3. The fraction of sp³-hybridized carbons (Fsp3) is 0.232. The number of hydrogen-bond donors (Lipinski definition) is 5. The first-order valence-electron chi connectivity index (χ1n) is 29.2. The second kappa shape index (κ2) is 49.0. The third-order valence-electron chi connectivity index (χ3n) is 12.8. The van der Waals surface area contributed by atoms with Crippen molar-refractivity contribution >= 4 is 80.9 Å². The van der Waals surface area contributed by atoms with Gasteiger partial charge in [-0.05, 0) is 40.5 Å². The van der Waals surface area contributed by atoms with Crippen molar-refractivity contribution in [1.29, 1.82) is 5.26 Å². The number of nitriles is 1. The average Bonchev–Trinajstić information content (AvgIpc) is 1.67. The fourth-order valence-electron chi connectivity index (χ4n) is 8.16. The predicted octanol–water partition coefficient (Wildman–Crippen LogP) is 9.80. The molecule has 10 rings (SSSR count). The van der Waals surface area contributed by atoms with Crippen LogP contribution in [0.2, 0.25) is 0 Å². The molecular weight excluding hydrogens is 1360 g/mol. The number of aromatic carboxylic acids is 1. The van der Waals surface area contributed by atoms with Gasteiger partial charge in [-0.2, -0.15) is 20.6 Å². The standard InChI is InChI=1S/C19H20N4O3.C18H18N4O3.C12H15N3O.C9H7NO.C7H6BrNO2.C4H10O.ClH.H3N.Na.H2O/c1-25-11-10-23-18(12-16(22-23)14-6-4-3-5-7-14)21-17-13-20-9-8-15(17)19(24)26-2;1-25-10-9-22-17(11-15(21-22)13-5-3-2-4-6-13)20-16-12-19-8-7-14(16)18(23)24;1-16-8-7-15-12(13)9-11(14-15)10-5-3-2-4-6-10;10-7-6-9(11)8-4-2-1-3-5-8;1-11-7(10)5-2-3-9-4-6(5)8;1-3-4-5-2;;;;/h3-9,12-13,21H,10-11H2,1-2H3;2-8,11-12,20H,9-10H2,1H3,(H,23,24);2-6,9H,7-8,13H2,1H3;1-5H,6H2;2-4H,1H3;3-4H2,1-2H3;1H;1H3;;1H2/q;;;;;;;;+1;/p-1. The molecule has 0 saturated heterocycles. The van der Waals surface area contributed by atoms with Crippen LogP contribution in [-0.2, 0) is 48.1 Å². The molecule has 10 aromatic rings. The van der Waals surface area contributed by atoms with Gasteiger partial charge in [-0.3, -0.25) is 19.7 Å². The van der Waals surface area contributed by atoms with Crippen molar-refractivity contribution < 1.29 is 87.7 Å². The number of carbonyl (C=O) groups is 4. The quantitative estimate of drug-likeness (QED) is 0.0226. The number of anilines is 5. The number of carboxylic acids is 1. The molecule has 0 spiro atoms. The Morgan fingerprint density at radius 1 is 0.541 bits per heavy atom. The number of pyridine rings is 3. The first-order chi connectivity index (χ1) is 45.7. The Hall–Kier alpha value is -9.54. The largest absolute Gasteiger partial charge is 1.00 e. The van der Waals surface area contributed by atoms with Crippen LogP contribution in [0, 0.1) is 11.3 Å². The number of ketones is 1. The third kappa shape index (κ3) is 28.6. The number of methoxy groups -OCH3 is 6. The Balaban J connectivity index is 0.000000618. The van der Waals surface area contributed by atoms with Gasteiger partial charge in [-0.15, -0.1) is 12.4 Å². The van der Waals surface area contributed by atoms with Gasteiger partial charge in [0.05, 0.1) is 128 Å². The van der Waals surface area contributed by atoms with E-state index in [0.29, 0.717) is 83.6 Å². The maximum absolute atomic E-state index is 12.0. The number of Topliss-reactive ketones (excluding diaryl/α,β-unsaturated/α-hetero) is 1. The number of nitrogens with zero attached hydrogens (tertiary/aromatic N) is 10. The van der Waals surface area contributed by atoms with Crippen molar-refractivity contribution in [2.24, 2.45) is 0 Å². The van der Waals surface area contributed by atoms with Crippen LogP contribution in [-0.4, -0.2) is 148 Å². The SMILES string of the molecule is CCCOC.COC(=O)c1ccncc1Br.COCCn1nc(-c2ccccc2)cc1N.COCCn1nc(-c2ccccc2)cc1Nc1cnccc1C(=O)O.COCCn1nc(-c2ccccc2)cc1Nc1cnccc1C(=O)OC.Cl.N.N#CCC(=O)c1ccccc1.[Na+].[OH-]. The molecule has 0 bridgehead atoms. The number of carboxylic acid groups (broad SMARTS) is 1. The molecule has 0 aliphatic carbocycles. The van der Waals surface area contributed by atoms with Crippen LogP contribution in [0.1, 0.15) is 61.2 Å². The van der Waals surface area contributed by atoms with Crippen LogP contribution in [0.25, 0.3) is 33.8 Å². The predicted molar refractivity (Wildman–Crippen MR) is 377 cm³/mol. The van der Waals surface area contributed by atoms with Gasteiger partial charge in [0.2, 0.25) is 0 Å². The Bertz CT molecular complexity index is 3940. The van der Waals surface area contributed by atoms with E-state index in [1.807, 2.05) is 121 Å². The monoisotopic (exact) mass is 1430 g/mol. The van der Waals surface area contributed by atoms with E-state index in [9.17, 15) is 24.3 Å². The molecule has 9 N–H and O–H groups in total. The smallest absolute Gasteiger partial charge is 0.870 e. The molecule has 0 aliphatic heterocycles. The molecule has 6 aromatic heterocycles. The van der Waals surface area contributed by atoms with Gasteiger partial charge in [-0.25, -0.2) is 28.4 Å². The number of benzene rings is 4. The minimum Gasteiger partial charge on any atom is -0.870 e. The molecule has 0 amide bonds. The summed E-state index contributed by atoms with van der Waals surface area (Å²) in [5, 5.41) is 37.6. The maximum atomic E-state index is 12.0. The van der Waals surface area contributed by atoms with Crippen LogP contribution in [0.15, 0.2) is 199 Å². The molecule has 26 nitrogen and oxygen atoms in total. The van der Waals surface area contributed by atoms with Crippen LogP contribution in [0.4, 0.5) is 28.8 Å². The molecule has 514 valence electrons. The molecular formula is C69H81BrClN14NaO12. The molecule has 6 heterocycles. The van der Waals surface area contributed by atoms with Gasteiger partial charge >= 0.3 is 47.5 Å². The van der Waals surface area contributed by atoms with Crippen LogP contribution < -0.4 is 52.1 Å². The van der Waals surface area contributed by atoms with E-state index in [-0.39, 0.29) is 77.3 Å². The summed E-state index contributed by atoms with van der Waals surface area (Å²) in [5.74, 6) is 0.144. The number of nitrogens with two attached hydrogens (primary N) is 1. The third-order valence-corrected chi connectivity index (χ3v) is 13.5. The van der Waals surface area contributed by atoms with Gasteiger partial charge in [0, 0.05) is 100 Å². The number of ether oxygens (including phenoxy) is 6. The normalized spacial score (nSPS) is 9.66. The van der Waals surface area contributed by atoms with Crippen molar-refractivity contribution in [3.63, 3.8) is 0 Å². The zero-order chi connectivity index (χ0) is 67.9. The first kappa shape index (κ1) is 86.5. The molecule has 0 fully saturated rings. The first-order valence-corrected chi connectivity index (χ1v) is 30.0. The molecule has 0 saturated carbocycles. The van der Waals surface area contributed by atoms with E-state index in [1.54, 1.807) is 97.5 Å². The van der Waals surface area contributed by atoms with Crippen molar-refractivity contribution in [3.8, 4) is 39.8 Å². The van der Waals surface area contributed by atoms with Crippen molar-refractivity contribution in [2.75, 3.05) is 85.5 Å². The van der Waals surface area contributed by atoms with Crippen LogP contribution in [0.3, 0.4) is 0 Å². The van der Waals surface area contributed by atoms with Crippen molar-refractivity contribution in [2.45, 2.75) is 39.4 Å². The minimum absolute atomic E-state index is 0. The Morgan fingerprint density at radius 3 is 1.30 bits per heavy atom. The zero-order valence-electron chi connectivity index (χ0n) is 55.9. The summed E-state index contributed by atoms with van der Waals surface area (Å²) >= 11 is 3.17. The number of aromatic nitrogens is 9. The Labute approximate surface area is 606 Å². The van der Waals surface area contributed by atoms with Crippen molar-refractivity contribution in [3.05, 3.63) is 222 Å². The zero-order valence-corrected chi connectivity index (χ0v) is 60.3. The van der Waals surface area contributed by atoms with E-state index >= 15 is 0 Å². The number of hydrogen-bond acceptors (Lipinski definition) is 22.